The average Bonchev–Trinajstić information content (AvgIpc) is 3.09. The van der Waals surface area contributed by atoms with Crippen LogP contribution in [0.2, 0.25) is 0 Å². The lowest BCUT2D eigenvalue weighted by Gasteiger charge is -2.14. The number of nitrogens with one attached hydrogen (secondary N) is 3. The summed E-state index contributed by atoms with van der Waals surface area (Å²) in [5, 5.41) is 6.09. The fourth-order valence-electron chi connectivity index (χ4n) is 3.02. The van der Waals surface area contributed by atoms with E-state index in [1.807, 2.05) is 0 Å². The quantitative estimate of drug-likeness (QED) is 0.605. The largest absolute Gasteiger partial charge is 0.493 e. The number of carbonyl (C=O) groups excluding carboxylic acids is 2. The Hall–Kier alpha value is -3.68. The lowest BCUT2D eigenvalue weighted by atomic mass is 10.1. The van der Waals surface area contributed by atoms with Crippen molar-refractivity contribution in [1.29, 1.82) is 0 Å². The van der Waals surface area contributed by atoms with Crippen molar-refractivity contribution in [3.63, 3.8) is 0 Å². The van der Waals surface area contributed by atoms with Crippen LogP contribution in [0.3, 0.4) is 0 Å². The van der Waals surface area contributed by atoms with Crippen molar-refractivity contribution in [2.24, 2.45) is 0 Å². The van der Waals surface area contributed by atoms with E-state index < -0.39 is 0 Å². The first-order valence-electron chi connectivity index (χ1n) is 8.47. The molecule has 0 atom stereocenters. The van der Waals surface area contributed by atoms with Crippen molar-refractivity contribution in [2.75, 3.05) is 32.0 Å². The van der Waals surface area contributed by atoms with E-state index in [0.717, 1.165) is 0 Å². The van der Waals surface area contributed by atoms with Crippen molar-refractivity contribution < 1.29 is 23.8 Å². The van der Waals surface area contributed by atoms with Gasteiger partial charge >= 0.3 is 0 Å². The second-order valence-electron chi connectivity index (χ2n) is 5.99. The van der Waals surface area contributed by atoms with Gasteiger partial charge in [-0.15, -0.1) is 0 Å². The van der Waals surface area contributed by atoms with E-state index in [1.54, 1.807) is 36.5 Å². The molecule has 28 heavy (non-hydrogen) atoms. The summed E-state index contributed by atoms with van der Waals surface area (Å²) < 4.78 is 16.2. The molecule has 0 bridgehead atoms. The van der Waals surface area contributed by atoms with Gasteiger partial charge in [-0.3, -0.25) is 9.59 Å². The smallest absolute Gasteiger partial charge is 0.257 e. The molecule has 0 spiro atoms. The second-order valence-corrected chi connectivity index (χ2v) is 5.99. The van der Waals surface area contributed by atoms with Gasteiger partial charge in [0.1, 0.15) is 0 Å². The number of amides is 2. The number of fused-ring (bicyclic) bond motifs is 1. The number of anilines is 2. The second kappa shape index (κ2) is 7.91. The first-order chi connectivity index (χ1) is 13.5. The summed E-state index contributed by atoms with van der Waals surface area (Å²) in [5.74, 6) is 0.764. The fraction of sp³-hybridized carbons (Fsp3) is 0.200. The molecule has 3 aromatic rings. The predicted molar refractivity (Wildman–Crippen MR) is 107 cm³/mol. The topological polar surface area (TPSA) is 102 Å². The van der Waals surface area contributed by atoms with Gasteiger partial charge < -0.3 is 29.8 Å². The van der Waals surface area contributed by atoms with Crippen LogP contribution in [0.5, 0.6) is 17.2 Å². The van der Waals surface area contributed by atoms with Crippen LogP contribution < -0.4 is 24.8 Å². The number of hydrogen-bond acceptors (Lipinski definition) is 5. The Morgan fingerprint density at radius 1 is 0.929 bits per heavy atom. The minimum Gasteiger partial charge on any atom is -0.493 e. The maximum atomic E-state index is 12.9. The minimum atomic E-state index is -0.336. The number of rotatable bonds is 6. The highest BCUT2D eigenvalue weighted by Gasteiger charge is 2.22. The average molecular weight is 383 g/mol. The van der Waals surface area contributed by atoms with Gasteiger partial charge in [0.2, 0.25) is 11.7 Å². The van der Waals surface area contributed by atoms with Crippen LogP contribution in [-0.2, 0) is 4.79 Å². The van der Waals surface area contributed by atoms with Gasteiger partial charge in [-0.1, -0.05) is 6.07 Å². The summed E-state index contributed by atoms with van der Waals surface area (Å²) in [5.41, 5.74) is 2.20. The molecule has 0 aliphatic rings. The zero-order chi connectivity index (χ0) is 20.3. The Morgan fingerprint density at radius 2 is 1.61 bits per heavy atom. The molecule has 1 aromatic heterocycles. The predicted octanol–water partition coefficient (Wildman–Crippen LogP) is 3.40. The third kappa shape index (κ3) is 3.57. The summed E-state index contributed by atoms with van der Waals surface area (Å²) in [7, 11) is 4.54. The summed E-state index contributed by atoms with van der Waals surface area (Å²) in [6.45, 7) is 1.42. The highest BCUT2D eigenvalue weighted by molar-refractivity contribution is 6.15. The molecule has 8 nitrogen and oxygen atoms in total. The van der Waals surface area contributed by atoms with E-state index in [9.17, 15) is 9.59 Å². The number of aromatic nitrogens is 1. The zero-order valence-electron chi connectivity index (χ0n) is 16.0. The van der Waals surface area contributed by atoms with Crippen LogP contribution in [0, 0.1) is 0 Å². The van der Waals surface area contributed by atoms with Gasteiger partial charge in [-0.2, -0.15) is 0 Å². The lowest BCUT2D eigenvalue weighted by Crippen LogP contribution is -2.12. The van der Waals surface area contributed by atoms with E-state index >= 15 is 0 Å². The molecular weight excluding hydrogens is 362 g/mol. The zero-order valence-corrected chi connectivity index (χ0v) is 16.0. The van der Waals surface area contributed by atoms with E-state index in [4.69, 9.17) is 14.2 Å². The molecule has 1 heterocycles. The van der Waals surface area contributed by atoms with E-state index in [1.165, 1.54) is 28.3 Å². The Bertz CT molecular complexity index is 1040. The number of methoxy groups -OCH3 is 3. The molecule has 0 fully saturated rings. The number of aromatic amines is 1. The highest BCUT2D eigenvalue weighted by Crippen LogP contribution is 2.44. The SMILES string of the molecule is COc1cc2[nH]cc(C(=O)Nc3cccc(NC(C)=O)c3)c2c(OC)c1OC. The number of hydrogen-bond donors (Lipinski definition) is 3. The van der Waals surface area contributed by atoms with Gasteiger partial charge in [-0.05, 0) is 18.2 Å². The summed E-state index contributed by atoms with van der Waals surface area (Å²) in [6, 6.07) is 8.63. The van der Waals surface area contributed by atoms with E-state index in [-0.39, 0.29) is 11.8 Å². The number of carbonyl (C=O) groups is 2. The maximum Gasteiger partial charge on any atom is 0.257 e. The van der Waals surface area contributed by atoms with Gasteiger partial charge in [0.15, 0.2) is 11.5 Å². The normalized spacial score (nSPS) is 10.4. The molecule has 2 amide bonds. The number of benzene rings is 2. The molecule has 0 aliphatic heterocycles. The molecule has 146 valence electrons. The molecule has 3 N–H and O–H groups in total. The minimum absolute atomic E-state index is 0.189. The van der Waals surface area contributed by atoms with Crippen molar-refractivity contribution in [3.8, 4) is 17.2 Å². The van der Waals surface area contributed by atoms with Crippen molar-refractivity contribution >= 4 is 34.1 Å². The molecule has 0 saturated heterocycles. The van der Waals surface area contributed by atoms with Crippen LogP contribution in [0.15, 0.2) is 36.5 Å². The summed E-state index contributed by atoms with van der Waals surface area (Å²) in [6.07, 6.45) is 1.60. The highest BCUT2D eigenvalue weighted by atomic mass is 16.5. The molecule has 0 saturated carbocycles. The number of H-pyrrole nitrogens is 1. The van der Waals surface area contributed by atoms with Crippen LogP contribution in [0.25, 0.3) is 10.9 Å². The van der Waals surface area contributed by atoms with Gasteiger partial charge in [0, 0.05) is 30.6 Å². The molecule has 0 radical (unpaired) electrons. The van der Waals surface area contributed by atoms with Crippen LogP contribution in [0.1, 0.15) is 17.3 Å². The van der Waals surface area contributed by atoms with E-state index in [2.05, 4.69) is 15.6 Å². The van der Waals surface area contributed by atoms with Crippen LogP contribution in [-0.4, -0.2) is 38.1 Å². The van der Waals surface area contributed by atoms with Crippen LogP contribution >= 0.6 is 0 Å². The number of ether oxygens (including phenoxy) is 3. The molecule has 0 unspecified atom stereocenters. The van der Waals surface area contributed by atoms with E-state index in [0.29, 0.717) is 45.1 Å². The molecule has 2 aromatic carbocycles. The van der Waals surface area contributed by atoms with Crippen molar-refractivity contribution in [2.45, 2.75) is 6.92 Å². The van der Waals surface area contributed by atoms with Crippen molar-refractivity contribution in [3.05, 3.63) is 42.1 Å². The third-order valence-electron chi connectivity index (χ3n) is 4.16. The molecule has 8 heteroatoms. The molecule has 0 aliphatic carbocycles. The standard InChI is InChI=1S/C20H21N3O5/c1-11(24)22-12-6-5-7-13(8-12)23-20(25)14-10-21-15-9-16(26-2)18(27-3)19(28-4)17(14)15/h5-10,21H,1-4H3,(H,22,24)(H,23,25). The first-order valence-corrected chi connectivity index (χ1v) is 8.47. The fourth-order valence-corrected chi connectivity index (χ4v) is 3.02. The van der Waals surface area contributed by atoms with Gasteiger partial charge in [0.25, 0.3) is 5.91 Å². The van der Waals surface area contributed by atoms with Gasteiger partial charge in [0.05, 0.1) is 37.8 Å². The Kier molecular flexibility index (Phi) is 5.39. The van der Waals surface area contributed by atoms with Crippen LogP contribution in [0.4, 0.5) is 11.4 Å². The Balaban J connectivity index is 2.00. The maximum absolute atomic E-state index is 12.9. The van der Waals surface area contributed by atoms with Crippen molar-refractivity contribution in [1.82, 2.24) is 4.98 Å². The third-order valence-corrected chi connectivity index (χ3v) is 4.16. The summed E-state index contributed by atoms with van der Waals surface area (Å²) >= 11 is 0. The molecular formula is C20H21N3O5. The van der Waals surface area contributed by atoms with Gasteiger partial charge in [-0.25, -0.2) is 0 Å². The first kappa shape index (κ1) is 19.1. The Morgan fingerprint density at radius 3 is 2.21 bits per heavy atom. The summed E-state index contributed by atoms with van der Waals surface area (Å²) in [4.78, 5) is 27.2. The molecule has 3 rings (SSSR count). The Labute approximate surface area is 161 Å². The lowest BCUT2D eigenvalue weighted by molar-refractivity contribution is -0.114. The monoisotopic (exact) mass is 383 g/mol.